The van der Waals surface area contributed by atoms with Crippen molar-refractivity contribution in [3.63, 3.8) is 0 Å². The molecule has 42 heavy (non-hydrogen) atoms. The third kappa shape index (κ3) is 5.12. The molecule has 0 aliphatic carbocycles. The van der Waals surface area contributed by atoms with E-state index in [4.69, 9.17) is 9.47 Å². The van der Waals surface area contributed by atoms with Gasteiger partial charge in [0.15, 0.2) is 0 Å². The monoisotopic (exact) mass is 573 g/mol. The molecule has 2 aromatic rings. The van der Waals surface area contributed by atoms with Crippen molar-refractivity contribution in [2.24, 2.45) is 11.8 Å². The molecule has 1 N–H and O–H groups in total. The summed E-state index contributed by atoms with van der Waals surface area (Å²) in [5.41, 5.74) is 0.476. The van der Waals surface area contributed by atoms with E-state index in [1.807, 2.05) is 30.3 Å². The van der Waals surface area contributed by atoms with Crippen molar-refractivity contribution in [1.29, 1.82) is 0 Å². The van der Waals surface area contributed by atoms with Crippen LogP contribution in [0.5, 0.6) is 5.75 Å². The van der Waals surface area contributed by atoms with Gasteiger partial charge in [0, 0.05) is 38.5 Å². The summed E-state index contributed by atoms with van der Waals surface area (Å²) in [5, 5.41) is 9.64. The highest BCUT2D eigenvalue weighted by Crippen LogP contribution is 2.59. The minimum atomic E-state index is -1.13. The van der Waals surface area contributed by atoms with Gasteiger partial charge in [0.2, 0.25) is 11.8 Å². The Bertz CT molecular complexity index is 1310. The molecule has 3 aliphatic heterocycles. The summed E-state index contributed by atoms with van der Waals surface area (Å²) >= 11 is 0. The first-order valence-corrected chi connectivity index (χ1v) is 14.5. The van der Waals surface area contributed by atoms with E-state index < -0.39 is 29.6 Å². The molecule has 0 aromatic heterocycles. The average molecular weight is 574 g/mol. The van der Waals surface area contributed by atoms with E-state index in [0.29, 0.717) is 43.8 Å². The van der Waals surface area contributed by atoms with E-state index in [0.717, 1.165) is 5.56 Å². The molecule has 3 aliphatic rings. The van der Waals surface area contributed by atoms with Gasteiger partial charge in [-0.3, -0.25) is 14.4 Å². The first-order chi connectivity index (χ1) is 20.4. The van der Waals surface area contributed by atoms with Gasteiger partial charge in [-0.15, -0.1) is 13.2 Å². The highest BCUT2D eigenvalue weighted by Gasteiger charge is 2.74. The molecule has 1 spiro atoms. The first-order valence-electron chi connectivity index (χ1n) is 14.5. The van der Waals surface area contributed by atoms with Crippen LogP contribution in [0, 0.1) is 11.8 Å². The number of ether oxygens (including phenoxy) is 2. The molecule has 222 valence electrons. The number of fused-ring (bicyclic) bond motifs is 1. The number of amides is 3. The number of nitrogens with zero attached hydrogens (tertiary/aromatic N) is 3. The van der Waals surface area contributed by atoms with Crippen molar-refractivity contribution >= 4 is 23.4 Å². The Hall–Kier alpha value is -3.95. The van der Waals surface area contributed by atoms with Crippen molar-refractivity contribution in [3.8, 4) is 5.75 Å². The Balaban J connectivity index is 1.50. The fraction of sp³-hybridized carbons (Fsp3) is 0.424. The molecular weight excluding hydrogens is 534 g/mol. The minimum Gasteiger partial charge on any atom is -0.497 e. The van der Waals surface area contributed by atoms with Gasteiger partial charge in [-0.1, -0.05) is 42.5 Å². The predicted octanol–water partition coefficient (Wildman–Crippen LogP) is 3.19. The number of hydrogen-bond donors (Lipinski definition) is 1. The van der Waals surface area contributed by atoms with Gasteiger partial charge in [-0.25, -0.2) is 0 Å². The summed E-state index contributed by atoms with van der Waals surface area (Å²) in [4.78, 5) is 47.8. The second-order valence-electron chi connectivity index (χ2n) is 11.1. The van der Waals surface area contributed by atoms with Gasteiger partial charge in [0.25, 0.3) is 5.91 Å². The van der Waals surface area contributed by atoms with E-state index in [1.165, 1.54) is 0 Å². The van der Waals surface area contributed by atoms with E-state index in [-0.39, 0.29) is 37.4 Å². The van der Waals surface area contributed by atoms with Crippen molar-refractivity contribution in [2.75, 3.05) is 38.3 Å². The Morgan fingerprint density at radius 2 is 1.81 bits per heavy atom. The summed E-state index contributed by atoms with van der Waals surface area (Å²) in [6.45, 7) is 8.68. The fourth-order valence-electron chi connectivity index (χ4n) is 6.96. The number of benzene rings is 2. The topological polar surface area (TPSA) is 99.6 Å². The van der Waals surface area contributed by atoms with Crippen LogP contribution in [0.2, 0.25) is 0 Å². The largest absolute Gasteiger partial charge is 0.497 e. The highest BCUT2D eigenvalue weighted by atomic mass is 16.5. The molecule has 2 aromatic carbocycles. The van der Waals surface area contributed by atoms with Crippen LogP contribution in [-0.4, -0.2) is 83.7 Å². The molecule has 2 unspecified atom stereocenters. The summed E-state index contributed by atoms with van der Waals surface area (Å²) < 4.78 is 11.9. The first kappa shape index (κ1) is 29.5. The van der Waals surface area contributed by atoms with Crippen molar-refractivity contribution in [2.45, 2.75) is 43.6 Å². The number of rotatable bonds is 13. The van der Waals surface area contributed by atoms with E-state index in [2.05, 4.69) is 13.2 Å². The lowest BCUT2D eigenvalue weighted by Gasteiger charge is -2.37. The van der Waals surface area contributed by atoms with Crippen LogP contribution in [0.1, 0.15) is 24.8 Å². The third-order valence-electron chi connectivity index (χ3n) is 8.72. The summed E-state index contributed by atoms with van der Waals surface area (Å²) in [5.74, 6) is -1.58. The molecule has 3 fully saturated rings. The van der Waals surface area contributed by atoms with E-state index >= 15 is 0 Å². The zero-order valence-electron chi connectivity index (χ0n) is 24.1. The zero-order chi connectivity index (χ0) is 29.9. The fourth-order valence-corrected chi connectivity index (χ4v) is 6.96. The molecule has 5 atom stereocenters. The SMILES string of the molecule is C=CCN(Cc1ccccc1)C(=O)[C@@H]1[C@@H]2CCC3(O2)C(C(=O)N(CC=C)c2ccc(OC)cc2)N(CCCO)C(=O)[C@H]13. The number of carbonyl (C=O) groups excluding carboxylic acids is 3. The van der Waals surface area contributed by atoms with Gasteiger partial charge >= 0.3 is 0 Å². The molecule has 0 radical (unpaired) electrons. The van der Waals surface area contributed by atoms with Gasteiger partial charge in [0.1, 0.15) is 17.4 Å². The summed E-state index contributed by atoms with van der Waals surface area (Å²) in [7, 11) is 1.58. The molecule has 3 saturated heterocycles. The number of carbonyl (C=O) groups is 3. The second-order valence-corrected chi connectivity index (χ2v) is 11.1. The average Bonchev–Trinajstić information content (AvgIpc) is 3.66. The van der Waals surface area contributed by atoms with Crippen LogP contribution in [0.25, 0.3) is 0 Å². The van der Waals surface area contributed by atoms with E-state index in [9.17, 15) is 19.5 Å². The van der Waals surface area contributed by atoms with Crippen LogP contribution in [0.15, 0.2) is 79.9 Å². The second kappa shape index (κ2) is 12.5. The van der Waals surface area contributed by atoms with Crippen molar-refractivity contribution < 1.29 is 29.0 Å². The molecule has 2 bridgehead atoms. The zero-order valence-corrected chi connectivity index (χ0v) is 24.1. The third-order valence-corrected chi connectivity index (χ3v) is 8.72. The number of hydrogen-bond acceptors (Lipinski definition) is 6. The Kier molecular flexibility index (Phi) is 8.80. The predicted molar refractivity (Wildman–Crippen MR) is 159 cm³/mol. The lowest BCUT2D eigenvalue weighted by atomic mass is 9.70. The van der Waals surface area contributed by atoms with Gasteiger partial charge in [0.05, 0.1) is 25.0 Å². The maximum atomic E-state index is 14.5. The van der Waals surface area contributed by atoms with Gasteiger partial charge < -0.3 is 29.3 Å². The van der Waals surface area contributed by atoms with Crippen molar-refractivity contribution in [1.82, 2.24) is 9.80 Å². The molecule has 0 saturated carbocycles. The molecule has 3 amide bonds. The lowest BCUT2D eigenvalue weighted by Crippen LogP contribution is -2.56. The summed E-state index contributed by atoms with van der Waals surface area (Å²) in [6.07, 6.45) is 4.24. The van der Waals surface area contributed by atoms with Crippen LogP contribution >= 0.6 is 0 Å². The van der Waals surface area contributed by atoms with Crippen LogP contribution in [0.4, 0.5) is 5.69 Å². The highest BCUT2D eigenvalue weighted by molar-refractivity contribution is 6.05. The van der Waals surface area contributed by atoms with Gasteiger partial charge in [-0.2, -0.15) is 0 Å². The summed E-state index contributed by atoms with van der Waals surface area (Å²) in [6, 6.07) is 15.9. The number of likely N-dealkylation sites (tertiary alicyclic amines) is 1. The van der Waals surface area contributed by atoms with Crippen molar-refractivity contribution in [3.05, 3.63) is 85.5 Å². The number of anilines is 1. The molecular formula is C33H39N3O6. The number of aliphatic hydroxyl groups is 1. The molecule has 5 rings (SSSR count). The standard InChI is InChI=1S/C33H39N3O6/c1-4-18-34(22-23-10-7-6-8-11-23)30(38)27-26-16-17-33(42-26)28(27)31(39)36(20-9-21-37)29(33)32(40)35(19-5-2)24-12-14-25(41-3)15-13-24/h4-8,10-15,26-29,37H,1-2,9,16-22H2,3H3/t26-,27+,28-,29?,33?/m0/s1. The van der Waals surface area contributed by atoms with Gasteiger partial charge in [-0.05, 0) is 49.1 Å². The maximum absolute atomic E-state index is 14.5. The normalized spacial score (nSPS) is 25.7. The lowest BCUT2D eigenvalue weighted by molar-refractivity contribution is -0.145. The smallest absolute Gasteiger partial charge is 0.253 e. The Morgan fingerprint density at radius 3 is 2.45 bits per heavy atom. The molecule has 9 heteroatoms. The quantitative estimate of drug-likeness (QED) is 0.370. The molecule has 9 nitrogen and oxygen atoms in total. The number of methoxy groups -OCH3 is 1. The Morgan fingerprint density at radius 1 is 1.10 bits per heavy atom. The van der Waals surface area contributed by atoms with E-state index in [1.54, 1.807) is 58.2 Å². The van der Waals surface area contributed by atoms with Crippen LogP contribution in [0.3, 0.4) is 0 Å². The minimum absolute atomic E-state index is 0.132. The number of aliphatic hydroxyl groups excluding tert-OH is 1. The Labute approximate surface area is 247 Å². The van der Waals surface area contributed by atoms with Crippen LogP contribution in [-0.2, 0) is 25.7 Å². The maximum Gasteiger partial charge on any atom is 0.253 e. The van der Waals surface area contributed by atoms with Crippen LogP contribution < -0.4 is 9.64 Å². The molecule has 3 heterocycles.